The van der Waals surface area contributed by atoms with Gasteiger partial charge >= 0.3 is 0 Å². The van der Waals surface area contributed by atoms with Crippen molar-refractivity contribution in [2.75, 3.05) is 0 Å². The van der Waals surface area contributed by atoms with Crippen LogP contribution < -0.4 is 5.56 Å². The Morgan fingerprint density at radius 1 is 0.960 bits per heavy atom. The largest absolute Gasteiger partial charge is 0.334 e. The van der Waals surface area contributed by atoms with Crippen molar-refractivity contribution in [3.05, 3.63) is 77.0 Å². The predicted molar refractivity (Wildman–Crippen MR) is 93.8 cm³/mol. The maximum Gasteiger partial charge on any atom is 0.259 e. The van der Waals surface area contributed by atoms with E-state index in [2.05, 4.69) is 20.1 Å². The van der Waals surface area contributed by atoms with Gasteiger partial charge in [0.25, 0.3) is 11.4 Å². The minimum atomic E-state index is -0.254. The van der Waals surface area contributed by atoms with E-state index in [4.69, 9.17) is 4.52 Å². The van der Waals surface area contributed by atoms with E-state index >= 15 is 0 Å². The fourth-order valence-electron chi connectivity index (χ4n) is 2.65. The quantitative estimate of drug-likeness (QED) is 0.622. The summed E-state index contributed by atoms with van der Waals surface area (Å²) in [7, 11) is 0. The van der Waals surface area contributed by atoms with Gasteiger partial charge in [-0.1, -0.05) is 23.4 Å². The number of pyridine rings is 2. The molecule has 6 heteroatoms. The predicted octanol–water partition coefficient (Wildman–Crippen LogP) is 3.46. The molecule has 0 amide bonds. The molecule has 0 radical (unpaired) electrons. The summed E-state index contributed by atoms with van der Waals surface area (Å²) in [5.74, 6) is 0.636. The van der Waals surface area contributed by atoms with Gasteiger partial charge in [-0.15, -0.1) is 0 Å². The van der Waals surface area contributed by atoms with Crippen molar-refractivity contribution in [3.63, 3.8) is 0 Å². The first-order chi connectivity index (χ1) is 12.2. The highest BCUT2D eigenvalue weighted by Gasteiger charge is 2.16. The van der Waals surface area contributed by atoms with Gasteiger partial charge in [-0.05, 0) is 42.8 Å². The Balaban J connectivity index is 1.81. The summed E-state index contributed by atoms with van der Waals surface area (Å²) >= 11 is 0. The molecule has 6 nitrogen and oxygen atoms in total. The van der Waals surface area contributed by atoms with Crippen LogP contribution in [0.5, 0.6) is 0 Å². The van der Waals surface area contributed by atoms with Gasteiger partial charge in [0, 0.05) is 29.2 Å². The summed E-state index contributed by atoms with van der Waals surface area (Å²) in [5.41, 5.74) is 3.53. The molecule has 4 aromatic rings. The van der Waals surface area contributed by atoms with E-state index in [0.29, 0.717) is 11.5 Å². The summed E-state index contributed by atoms with van der Waals surface area (Å²) in [6, 6.07) is 15.0. The lowest BCUT2D eigenvalue weighted by Crippen LogP contribution is -2.12. The van der Waals surface area contributed by atoms with E-state index in [9.17, 15) is 4.79 Å². The van der Waals surface area contributed by atoms with Crippen molar-refractivity contribution < 1.29 is 4.52 Å². The molecule has 1 N–H and O–H groups in total. The standard InChI is InChI=1S/C19H14N4O2/c1-12-15(13-7-9-20-10-8-13)11-16(18(24)21-12)17-22-19(25-23-17)14-5-3-2-4-6-14/h2-11H,1H3,(H,21,24). The molecule has 0 spiro atoms. The van der Waals surface area contributed by atoms with Gasteiger partial charge < -0.3 is 9.51 Å². The lowest BCUT2D eigenvalue weighted by Gasteiger charge is -2.06. The molecule has 4 rings (SSSR count). The van der Waals surface area contributed by atoms with E-state index in [0.717, 1.165) is 22.4 Å². The molecule has 0 aliphatic heterocycles. The zero-order valence-corrected chi connectivity index (χ0v) is 13.4. The smallest absolute Gasteiger partial charge is 0.259 e. The summed E-state index contributed by atoms with van der Waals surface area (Å²) in [4.78, 5) is 23.6. The van der Waals surface area contributed by atoms with Crippen molar-refractivity contribution in [3.8, 4) is 34.0 Å². The highest BCUT2D eigenvalue weighted by atomic mass is 16.5. The van der Waals surface area contributed by atoms with Gasteiger partial charge in [-0.25, -0.2) is 0 Å². The number of aryl methyl sites for hydroxylation is 1. The van der Waals surface area contributed by atoms with Crippen LogP contribution in [0, 0.1) is 6.92 Å². The second kappa shape index (κ2) is 6.16. The van der Waals surface area contributed by atoms with Gasteiger partial charge in [0.15, 0.2) is 0 Å². The highest BCUT2D eigenvalue weighted by Crippen LogP contribution is 2.25. The molecule has 0 unspecified atom stereocenters. The Morgan fingerprint density at radius 3 is 2.48 bits per heavy atom. The molecule has 3 heterocycles. The van der Waals surface area contributed by atoms with Crippen LogP contribution >= 0.6 is 0 Å². The van der Waals surface area contributed by atoms with Crippen LogP contribution in [0.4, 0.5) is 0 Å². The van der Waals surface area contributed by atoms with Crippen LogP contribution in [0.25, 0.3) is 34.0 Å². The van der Waals surface area contributed by atoms with Crippen LogP contribution in [0.2, 0.25) is 0 Å². The minimum Gasteiger partial charge on any atom is -0.334 e. The maximum absolute atomic E-state index is 12.4. The van der Waals surface area contributed by atoms with Crippen LogP contribution in [0.3, 0.4) is 0 Å². The van der Waals surface area contributed by atoms with Gasteiger partial charge in [0.2, 0.25) is 5.82 Å². The first kappa shape index (κ1) is 15.0. The van der Waals surface area contributed by atoms with Gasteiger partial charge in [0.1, 0.15) is 0 Å². The van der Waals surface area contributed by atoms with E-state index in [1.54, 1.807) is 18.5 Å². The molecule has 0 saturated heterocycles. The number of H-pyrrole nitrogens is 1. The first-order valence-corrected chi connectivity index (χ1v) is 7.76. The molecule has 122 valence electrons. The summed E-state index contributed by atoms with van der Waals surface area (Å²) in [6.45, 7) is 1.85. The first-order valence-electron chi connectivity index (χ1n) is 7.76. The Hall–Kier alpha value is -3.54. The topological polar surface area (TPSA) is 84.7 Å². The van der Waals surface area contributed by atoms with E-state index in [1.165, 1.54) is 0 Å². The number of aromatic amines is 1. The van der Waals surface area contributed by atoms with E-state index in [1.807, 2.05) is 49.4 Å². The third-order valence-corrected chi connectivity index (χ3v) is 3.92. The molecule has 1 aromatic carbocycles. The number of hydrogen-bond donors (Lipinski definition) is 1. The van der Waals surface area contributed by atoms with E-state index in [-0.39, 0.29) is 11.4 Å². The number of rotatable bonds is 3. The van der Waals surface area contributed by atoms with Crippen molar-refractivity contribution in [1.82, 2.24) is 20.1 Å². The van der Waals surface area contributed by atoms with Crippen molar-refractivity contribution in [2.45, 2.75) is 6.92 Å². The zero-order valence-electron chi connectivity index (χ0n) is 13.4. The van der Waals surface area contributed by atoms with Crippen LogP contribution in [-0.4, -0.2) is 20.1 Å². The van der Waals surface area contributed by atoms with Gasteiger partial charge in [0.05, 0.1) is 5.56 Å². The number of nitrogens with zero attached hydrogens (tertiary/aromatic N) is 3. The van der Waals surface area contributed by atoms with E-state index < -0.39 is 0 Å². The fourth-order valence-corrected chi connectivity index (χ4v) is 2.65. The van der Waals surface area contributed by atoms with Crippen molar-refractivity contribution in [1.29, 1.82) is 0 Å². The molecular weight excluding hydrogens is 316 g/mol. The monoisotopic (exact) mass is 330 g/mol. The third kappa shape index (κ3) is 2.85. The van der Waals surface area contributed by atoms with Crippen molar-refractivity contribution in [2.24, 2.45) is 0 Å². The summed E-state index contributed by atoms with van der Waals surface area (Å²) in [5, 5.41) is 3.97. The molecular formula is C19H14N4O2. The SMILES string of the molecule is Cc1[nH]c(=O)c(-c2noc(-c3ccccc3)n2)cc1-c1ccncc1. The highest BCUT2D eigenvalue weighted by molar-refractivity contribution is 5.71. The number of aromatic nitrogens is 4. The Labute approximate surface area is 143 Å². The third-order valence-electron chi connectivity index (χ3n) is 3.92. The number of hydrogen-bond acceptors (Lipinski definition) is 5. The summed E-state index contributed by atoms with van der Waals surface area (Å²) < 4.78 is 5.31. The second-order valence-electron chi connectivity index (χ2n) is 5.58. The fraction of sp³-hybridized carbons (Fsp3) is 0.0526. The Bertz CT molecular complexity index is 1070. The lowest BCUT2D eigenvalue weighted by molar-refractivity contribution is 0.432. The average molecular weight is 330 g/mol. The van der Waals surface area contributed by atoms with Crippen LogP contribution in [0.1, 0.15) is 5.69 Å². The van der Waals surface area contributed by atoms with Crippen LogP contribution in [-0.2, 0) is 0 Å². The minimum absolute atomic E-state index is 0.254. The van der Waals surface area contributed by atoms with Gasteiger partial charge in [-0.3, -0.25) is 9.78 Å². The maximum atomic E-state index is 12.4. The van der Waals surface area contributed by atoms with Gasteiger partial charge in [-0.2, -0.15) is 4.98 Å². The Kier molecular flexibility index (Phi) is 3.70. The molecule has 0 aliphatic carbocycles. The summed E-state index contributed by atoms with van der Waals surface area (Å²) in [6.07, 6.45) is 3.42. The molecule has 0 fully saturated rings. The normalized spacial score (nSPS) is 10.8. The lowest BCUT2D eigenvalue weighted by atomic mass is 10.0. The molecule has 0 bridgehead atoms. The molecule has 0 aliphatic rings. The van der Waals surface area contributed by atoms with Crippen molar-refractivity contribution >= 4 is 0 Å². The molecule has 0 atom stereocenters. The average Bonchev–Trinajstić information content (AvgIpc) is 3.13. The number of nitrogens with one attached hydrogen (secondary N) is 1. The number of benzene rings is 1. The molecule has 0 saturated carbocycles. The molecule has 25 heavy (non-hydrogen) atoms. The molecule has 3 aromatic heterocycles. The van der Waals surface area contributed by atoms with Crippen LogP contribution in [0.15, 0.2) is 70.2 Å². The zero-order chi connectivity index (χ0) is 17.2. The Morgan fingerprint density at radius 2 is 1.72 bits per heavy atom. The second-order valence-corrected chi connectivity index (χ2v) is 5.58.